The van der Waals surface area contributed by atoms with E-state index in [1.54, 1.807) is 25.9 Å². The Morgan fingerprint density at radius 3 is 2.89 bits per heavy atom. The van der Waals surface area contributed by atoms with Crippen LogP contribution in [0.15, 0.2) is 6.20 Å². The normalized spacial score (nSPS) is 10.2. The Morgan fingerprint density at radius 2 is 2.33 bits per heavy atom. The van der Waals surface area contributed by atoms with Gasteiger partial charge in [0.1, 0.15) is 6.20 Å². The topological polar surface area (TPSA) is 90.5 Å². The average molecular weight is 256 g/mol. The van der Waals surface area contributed by atoms with E-state index in [1.165, 1.54) is 10.9 Å². The van der Waals surface area contributed by atoms with Gasteiger partial charge in [0.25, 0.3) is 0 Å². The molecule has 0 fully saturated rings. The van der Waals surface area contributed by atoms with Crippen LogP contribution in [0.4, 0.5) is 11.5 Å². The number of nitrogens with zero attached hydrogens (tertiary/aromatic N) is 4. The van der Waals surface area contributed by atoms with E-state index >= 15 is 0 Å². The number of anilines is 1. The molecule has 0 bridgehead atoms. The lowest BCUT2D eigenvalue weighted by Gasteiger charge is -2.14. The number of nitro groups is 1. The second-order valence-corrected chi connectivity index (χ2v) is 3.75. The molecule has 0 unspecified atom stereocenters. The maximum Gasteiger partial charge on any atom is 0.330 e. The van der Waals surface area contributed by atoms with E-state index < -0.39 is 4.92 Å². The Labute approximate surface area is 104 Å². The Kier molecular flexibility index (Phi) is 4.64. The van der Waals surface area contributed by atoms with Crippen molar-refractivity contribution in [1.29, 1.82) is 0 Å². The maximum atomic E-state index is 11.2. The molecule has 0 aromatic carbocycles. The zero-order chi connectivity index (χ0) is 13.7. The van der Waals surface area contributed by atoms with Crippen LogP contribution in [0.2, 0.25) is 0 Å². The highest BCUT2D eigenvalue weighted by Crippen LogP contribution is 2.24. The quantitative estimate of drug-likeness (QED) is 0.423. The van der Waals surface area contributed by atoms with Gasteiger partial charge in [-0.2, -0.15) is 0 Å². The number of esters is 1. The molecule has 1 aromatic heterocycles. The molecule has 0 aliphatic heterocycles. The fourth-order valence-electron chi connectivity index (χ4n) is 1.46. The third kappa shape index (κ3) is 3.44. The summed E-state index contributed by atoms with van der Waals surface area (Å²) in [6.07, 6.45) is 1.49. The van der Waals surface area contributed by atoms with Crippen molar-refractivity contribution < 1.29 is 14.5 Å². The largest absolute Gasteiger partial charge is 0.466 e. The number of hydrogen-bond acceptors (Lipinski definition) is 6. The van der Waals surface area contributed by atoms with Gasteiger partial charge >= 0.3 is 11.7 Å². The molecule has 0 saturated carbocycles. The monoisotopic (exact) mass is 256 g/mol. The van der Waals surface area contributed by atoms with Crippen LogP contribution in [0.25, 0.3) is 0 Å². The van der Waals surface area contributed by atoms with E-state index in [-0.39, 0.29) is 23.9 Å². The van der Waals surface area contributed by atoms with Crippen molar-refractivity contribution in [3.63, 3.8) is 0 Å². The minimum absolute atomic E-state index is 0.0798. The molecule has 0 atom stereocenters. The molecule has 0 aliphatic carbocycles. The highest BCUT2D eigenvalue weighted by molar-refractivity contribution is 5.70. The molecule has 1 rings (SSSR count). The van der Waals surface area contributed by atoms with Crippen LogP contribution in [0.3, 0.4) is 0 Å². The molecule has 0 saturated heterocycles. The van der Waals surface area contributed by atoms with Gasteiger partial charge in [-0.15, -0.1) is 5.10 Å². The van der Waals surface area contributed by atoms with Gasteiger partial charge in [0, 0.05) is 20.6 Å². The number of carbonyl (C=O) groups excluding carboxylic acids is 1. The van der Waals surface area contributed by atoms with Gasteiger partial charge in [-0.25, -0.2) is 0 Å². The van der Waals surface area contributed by atoms with Gasteiger partial charge in [0.15, 0.2) is 0 Å². The van der Waals surface area contributed by atoms with Gasteiger partial charge in [-0.1, -0.05) is 0 Å². The molecule has 0 N–H and O–H groups in total. The van der Waals surface area contributed by atoms with Crippen molar-refractivity contribution in [2.24, 2.45) is 7.05 Å². The number of aryl methyl sites for hydroxylation is 1. The first-order valence-corrected chi connectivity index (χ1v) is 5.50. The number of hydrogen-bond donors (Lipinski definition) is 0. The summed E-state index contributed by atoms with van der Waals surface area (Å²) in [5, 5.41) is 14.8. The highest BCUT2D eigenvalue weighted by atomic mass is 16.6. The summed E-state index contributed by atoms with van der Waals surface area (Å²) in [6.45, 7) is 2.37. The van der Waals surface area contributed by atoms with Crippen LogP contribution in [0.5, 0.6) is 0 Å². The lowest BCUT2D eigenvalue weighted by Crippen LogP contribution is -2.23. The van der Waals surface area contributed by atoms with Crippen LogP contribution in [0.1, 0.15) is 13.3 Å². The van der Waals surface area contributed by atoms with Crippen molar-refractivity contribution in [2.75, 3.05) is 25.1 Å². The SMILES string of the molecule is CCOC(=O)CCN(C)c1nn(C)cc1[N+](=O)[O-]. The molecule has 0 amide bonds. The summed E-state index contributed by atoms with van der Waals surface area (Å²) in [5.41, 5.74) is -0.0798. The van der Waals surface area contributed by atoms with Crippen molar-refractivity contribution in [2.45, 2.75) is 13.3 Å². The Hall–Kier alpha value is -2.12. The molecular weight excluding hydrogens is 240 g/mol. The molecule has 1 heterocycles. The lowest BCUT2D eigenvalue weighted by atomic mass is 10.4. The molecular formula is C10H16N4O4. The lowest BCUT2D eigenvalue weighted by molar-refractivity contribution is -0.384. The van der Waals surface area contributed by atoms with E-state index in [9.17, 15) is 14.9 Å². The molecule has 8 nitrogen and oxygen atoms in total. The van der Waals surface area contributed by atoms with Gasteiger partial charge < -0.3 is 9.64 Å². The summed E-state index contributed by atoms with van der Waals surface area (Å²) in [7, 11) is 3.25. The first kappa shape index (κ1) is 13.9. The van der Waals surface area contributed by atoms with E-state index in [0.717, 1.165) is 0 Å². The second-order valence-electron chi connectivity index (χ2n) is 3.75. The van der Waals surface area contributed by atoms with Gasteiger partial charge in [0.05, 0.1) is 18.0 Å². The molecule has 8 heteroatoms. The number of rotatable bonds is 6. The third-order valence-electron chi connectivity index (χ3n) is 2.31. The van der Waals surface area contributed by atoms with E-state index in [0.29, 0.717) is 13.2 Å². The first-order valence-electron chi connectivity index (χ1n) is 5.50. The summed E-state index contributed by atoms with van der Waals surface area (Å²) in [5.74, 6) is -0.0882. The first-order chi connectivity index (χ1) is 8.45. The number of ether oxygens (including phenoxy) is 1. The van der Waals surface area contributed by atoms with E-state index in [2.05, 4.69) is 5.10 Å². The molecule has 0 radical (unpaired) electrons. The van der Waals surface area contributed by atoms with E-state index in [1.807, 2.05) is 0 Å². The van der Waals surface area contributed by atoms with Crippen molar-refractivity contribution >= 4 is 17.5 Å². The summed E-state index contributed by atoms with van der Waals surface area (Å²) in [4.78, 5) is 23.1. The third-order valence-corrected chi connectivity index (χ3v) is 2.31. The molecule has 18 heavy (non-hydrogen) atoms. The smallest absolute Gasteiger partial charge is 0.330 e. The molecule has 0 spiro atoms. The summed E-state index contributed by atoms with van der Waals surface area (Å²) in [6, 6.07) is 0. The molecule has 0 aliphatic rings. The Balaban J connectivity index is 2.69. The van der Waals surface area contributed by atoms with Gasteiger partial charge in [-0.05, 0) is 6.92 Å². The highest BCUT2D eigenvalue weighted by Gasteiger charge is 2.22. The van der Waals surface area contributed by atoms with Crippen molar-refractivity contribution in [3.05, 3.63) is 16.3 Å². The van der Waals surface area contributed by atoms with Crippen molar-refractivity contribution in [3.8, 4) is 0 Å². The van der Waals surface area contributed by atoms with Crippen LogP contribution in [-0.2, 0) is 16.6 Å². The number of aromatic nitrogens is 2. The van der Waals surface area contributed by atoms with Crippen LogP contribution >= 0.6 is 0 Å². The Morgan fingerprint density at radius 1 is 1.67 bits per heavy atom. The van der Waals surface area contributed by atoms with Crippen LogP contribution < -0.4 is 4.90 Å². The van der Waals surface area contributed by atoms with Crippen LogP contribution in [0, 0.1) is 10.1 Å². The zero-order valence-corrected chi connectivity index (χ0v) is 10.6. The maximum absolute atomic E-state index is 11.2. The minimum Gasteiger partial charge on any atom is -0.466 e. The minimum atomic E-state index is -0.497. The predicted molar refractivity (Wildman–Crippen MR) is 64.4 cm³/mol. The van der Waals surface area contributed by atoms with Gasteiger partial charge in [0.2, 0.25) is 5.82 Å². The predicted octanol–water partition coefficient (Wildman–Crippen LogP) is 0.718. The number of carbonyl (C=O) groups is 1. The zero-order valence-electron chi connectivity index (χ0n) is 10.6. The van der Waals surface area contributed by atoms with E-state index in [4.69, 9.17) is 4.74 Å². The van der Waals surface area contributed by atoms with Crippen LogP contribution in [-0.4, -0.2) is 40.9 Å². The fraction of sp³-hybridized carbons (Fsp3) is 0.600. The van der Waals surface area contributed by atoms with Gasteiger partial charge in [-0.3, -0.25) is 19.6 Å². The standard InChI is InChI=1S/C10H16N4O4/c1-4-18-9(15)5-6-12(2)10-8(14(16)17)7-13(3)11-10/h7H,4-6H2,1-3H3. The summed E-state index contributed by atoms with van der Waals surface area (Å²) < 4.78 is 6.16. The summed E-state index contributed by atoms with van der Waals surface area (Å²) >= 11 is 0. The second kappa shape index (κ2) is 5.99. The Bertz CT molecular complexity index is 443. The molecule has 100 valence electrons. The molecule has 1 aromatic rings. The fourth-order valence-corrected chi connectivity index (χ4v) is 1.46. The van der Waals surface area contributed by atoms with Crippen molar-refractivity contribution in [1.82, 2.24) is 9.78 Å². The average Bonchev–Trinajstić information content (AvgIpc) is 2.69.